The molecule has 3 nitrogen and oxygen atoms in total. The second-order valence-electron chi connectivity index (χ2n) is 7.67. The van der Waals surface area contributed by atoms with Gasteiger partial charge in [0.25, 0.3) is 5.56 Å². The molecule has 0 radical (unpaired) electrons. The van der Waals surface area contributed by atoms with E-state index in [1.165, 1.54) is 41.7 Å². The highest BCUT2D eigenvalue weighted by atomic mass is 32.2. The Morgan fingerprint density at radius 3 is 2.67 bits per heavy atom. The number of aryl methyl sites for hydroxylation is 2. The van der Waals surface area contributed by atoms with Crippen molar-refractivity contribution in [3.63, 3.8) is 0 Å². The summed E-state index contributed by atoms with van der Waals surface area (Å²) in [6.07, 6.45) is 9.27. The molecule has 0 spiro atoms. The van der Waals surface area contributed by atoms with E-state index in [0.717, 1.165) is 46.8 Å². The molecule has 1 saturated carbocycles. The lowest BCUT2D eigenvalue weighted by molar-refractivity contribution is 0.457. The number of fused-ring (bicyclic) bond motifs is 3. The molecule has 1 aromatic carbocycles. The summed E-state index contributed by atoms with van der Waals surface area (Å²) in [5.74, 6) is 0.858. The summed E-state index contributed by atoms with van der Waals surface area (Å²) in [4.78, 5) is 21.0. The normalized spacial score (nSPS) is 17.5. The lowest BCUT2D eigenvalue weighted by atomic mass is 9.97. The molecule has 1 fully saturated rings. The van der Waals surface area contributed by atoms with Crippen LogP contribution < -0.4 is 5.56 Å². The maximum absolute atomic E-state index is 13.6. The molecule has 2 heterocycles. The van der Waals surface area contributed by atoms with Gasteiger partial charge >= 0.3 is 0 Å². The van der Waals surface area contributed by atoms with E-state index < -0.39 is 0 Å². The Hall–Kier alpha value is -1.59. The van der Waals surface area contributed by atoms with Crippen molar-refractivity contribution >= 4 is 33.3 Å². The molecule has 27 heavy (non-hydrogen) atoms. The summed E-state index contributed by atoms with van der Waals surface area (Å²) in [6, 6.07) is 10.8. The minimum atomic E-state index is 0.224. The largest absolute Gasteiger partial charge is 0.284 e. The van der Waals surface area contributed by atoms with Gasteiger partial charge in [0.15, 0.2) is 5.16 Å². The van der Waals surface area contributed by atoms with Gasteiger partial charge in [0.1, 0.15) is 4.83 Å². The molecule has 2 aliphatic carbocycles. The third-order valence-electron chi connectivity index (χ3n) is 5.89. The van der Waals surface area contributed by atoms with Crippen LogP contribution >= 0.6 is 23.1 Å². The van der Waals surface area contributed by atoms with Crippen molar-refractivity contribution < 1.29 is 0 Å². The summed E-state index contributed by atoms with van der Waals surface area (Å²) >= 11 is 3.48. The van der Waals surface area contributed by atoms with Crippen LogP contribution in [0.5, 0.6) is 0 Å². The number of benzene rings is 1. The third kappa shape index (κ3) is 3.25. The fraction of sp³-hybridized carbons (Fsp3) is 0.455. The van der Waals surface area contributed by atoms with Gasteiger partial charge in [0.2, 0.25) is 0 Å². The molecule has 0 unspecified atom stereocenters. The van der Waals surface area contributed by atoms with Gasteiger partial charge in [-0.3, -0.25) is 9.36 Å². The standard InChI is InChI=1S/C22H24N2OS2/c25-21-19-17-12-6-7-13-18(17)27-20(19)23-22(24(21)16-10-4-5-11-16)26-14-15-8-2-1-3-9-15/h1-3,8-9,16H,4-7,10-14H2. The maximum Gasteiger partial charge on any atom is 0.263 e. The van der Waals surface area contributed by atoms with Gasteiger partial charge in [-0.15, -0.1) is 11.3 Å². The van der Waals surface area contributed by atoms with Crippen molar-refractivity contribution in [1.29, 1.82) is 0 Å². The predicted octanol–water partition coefficient (Wildman–Crippen LogP) is 5.74. The van der Waals surface area contributed by atoms with Crippen LogP contribution in [0.25, 0.3) is 10.2 Å². The SMILES string of the molecule is O=c1c2c3c(sc2nc(SCc2ccccc2)n1C1CCCC1)CCCC3. The van der Waals surface area contributed by atoms with Crippen LogP contribution in [0, 0.1) is 0 Å². The molecule has 0 amide bonds. The van der Waals surface area contributed by atoms with Crippen LogP contribution in [0.2, 0.25) is 0 Å². The van der Waals surface area contributed by atoms with Crippen LogP contribution in [0.15, 0.2) is 40.3 Å². The number of thioether (sulfide) groups is 1. The molecule has 2 aromatic heterocycles. The second kappa shape index (κ2) is 7.44. The van der Waals surface area contributed by atoms with Gasteiger partial charge < -0.3 is 0 Å². The van der Waals surface area contributed by atoms with Gasteiger partial charge in [-0.25, -0.2) is 4.98 Å². The average molecular weight is 397 g/mol. The summed E-state index contributed by atoms with van der Waals surface area (Å²) < 4.78 is 2.06. The van der Waals surface area contributed by atoms with Crippen molar-refractivity contribution in [3.05, 3.63) is 56.7 Å². The van der Waals surface area contributed by atoms with Gasteiger partial charge in [0.05, 0.1) is 5.39 Å². The Bertz CT molecular complexity index is 1020. The zero-order valence-corrected chi connectivity index (χ0v) is 17.1. The van der Waals surface area contributed by atoms with Crippen LogP contribution in [0.4, 0.5) is 0 Å². The summed E-state index contributed by atoms with van der Waals surface area (Å²) in [5.41, 5.74) is 2.81. The molecule has 0 aliphatic heterocycles. The van der Waals surface area contributed by atoms with E-state index in [0.29, 0.717) is 6.04 Å². The molecule has 0 atom stereocenters. The number of hydrogen-bond donors (Lipinski definition) is 0. The van der Waals surface area contributed by atoms with E-state index in [9.17, 15) is 4.79 Å². The minimum Gasteiger partial charge on any atom is -0.284 e. The van der Waals surface area contributed by atoms with Crippen molar-refractivity contribution in [2.45, 2.75) is 68.3 Å². The molecule has 140 valence electrons. The van der Waals surface area contributed by atoms with Gasteiger partial charge in [0, 0.05) is 16.7 Å². The van der Waals surface area contributed by atoms with E-state index in [-0.39, 0.29) is 5.56 Å². The topological polar surface area (TPSA) is 34.9 Å². The van der Waals surface area contributed by atoms with E-state index >= 15 is 0 Å². The fourth-order valence-electron chi connectivity index (χ4n) is 4.51. The van der Waals surface area contributed by atoms with E-state index in [4.69, 9.17) is 4.98 Å². The first-order valence-corrected chi connectivity index (χ1v) is 11.8. The molecule has 5 rings (SSSR count). The zero-order chi connectivity index (χ0) is 18.2. The van der Waals surface area contributed by atoms with Crippen LogP contribution in [-0.4, -0.2) is 9.55 Å². The first-order valence-electron chi connectivity index (χ1n) is 10.0. The minimum absolute atomic E-state index is 0.224. The molecule has 0 N–H and O–H groups in total. The van der Waals surface area contributed by atoms with E-state index in [1.54, 1.807) is 23.1 Å². The third-order valence-corrected chi connectivity index (χ3v) is 8.10. The van der Waals surface area contributed by atoms with Crippen molar-refractivity contribution in [1.82, 2.24) is 9.55 Å². The first kappa shape index (κ1) is 17.5. The highest BCUT2D eigenvalue weighted by molar-refractivity contribution is 7.98. The molecular formula is C22H24N2OS2. The van der Waals surface area contributed by atoms with Crippen molar-refractivity contribution in [2.75, 3.05) is 0 Å². The van der Waals surface area contributed by atoms with Crippen LogP contribution in [-0.2, 0) is 18.6 Å². The Morgan fingerprint density at radius 2 is 1.85 bits per heavy atom. The van der Waals surface area contributed by atoms with Crippen LogP contribution in [0.1, 0.15) is 60.6 Å². The van der Waals surface area contributed by atoms with Crippen LogP contribution in [0.3, 0.4) is 0 Å². The molecule has 2 aliphatic rings. The second-order valence-corrected chi connectivity index (χ2v) is 9.70. The lowest BCUT2D eigenvalue weighted by Gasteiger charge is -2.18. The lowest BCUT2D eigenvalue weighted by Crippen LogP contribution is -2.26. The van der Waals surface area contributed by atoms with Gasteiger partial charge in [-0.2, -0.15) is 0 Å². The van der Waals surface area contributed by atoms with Crippen molar-refractivity contribution in [3.8, 4) is 0 Å². The Morgan fingerprint density at radius 1 is 1.07 bits per heavy atom. The van der Waals surface area contributed by atoms with E-state index in [2.05, 4.69) is 28.8 Å². The fourth-order valence-corrected chi connectivity index (χ4v) is 6.83. The highest BCUT2D eigenvalue weighted by Crippen LogP contribution is 2.37. The number of rotatable bonds is 4. The molecule has 0 saturated heterocycles. The quantitative estimate of drug-likeness (QED) is 0.416. The Kier molecular flexibility index (Phi) is 4.82. The monoisotopic (exact) mass is 396 g/mol. The average Bonchev–Trinajstić information content (AvgIpc) is 3.34. The Balaban J connectivity index is 1.61. The maximum atomic E-state index is 13.6. The first-order chi connectivity index (χ1) is 13.3. The summed E-state index contributed by atoms with van der Waals surface area (Å²) in [6.45, 7) is 0. The number of nitrogens with zero attached hydrogens (tertiary/aromatic N) is 2. The predicted molar refractivity (Wildman–Crippen MR) is 114 cm³/mol. The summed E-state index contributed by atoms with van der Waals surface area (Å²) in [5, 5.41) is 1.85. The highest BCUT2D eigenvalue weighted by Gasteiger charge is 2.26. The number of aromatic nitrogens is 2. The Labute approximate surface area is 167 Å². The molecular weight excluding hydrogens is 372 g/mol. The smallest absolute Gasteiger partial charge is 0.263 e. The summed E-state index contributed by atoms with van der Waals surface area (Å²) in [7, 11) is 0. The van der Waals surface area contributed by atoms with Gasteiger partial charge in [-0.1, -0.05) is 54.9 Å². The molecule has 5 heteroatoms. The van der Waals surface area contributed by atoms with Gasteiger partial charge in [-0.05, 0) is 49.7 Å². The molecule has 3 aromatic rings. The number of thiophene rings is 1. The van der Waals surface area contributed by atoms with E-state index in [1.807, 2.05) is 6.07 Å². The zero-order valence-electron chi connectivity index (χ0n) is 15.4. The number of hydrogen-bond acceptors (Lipinski definition) is 4. The van der Waals surface area contributed by atoms with Crippen molar-refractivity contribution in [2.24, 2.45) is 0 Å². The molecule has 0 bridgehead atoms.